The molecular formula is C14H24N2O2. The highest BCUT2D eigenvalue weighted by Gasteiger charge is 2.14. The van der Waals surface area contributed by atoms with Crippen molar-refractivity contribution in [2.24, 2.45) is 5.92 Å². The number of aromatic nitrogens is 2. The average molecular weight is 252 g/mol. The Hall–Kier alpha value is -1.16. The highest BCUT2D eigenvalue weighted by atomic mass is 16.3. The van der Waals surface area contributed by atoms with Gasteiger partial charge in [-0.3, -0.25) is 9.78 Å². The SMILES string of the molecule is CCc1nc(CC(C)C)c(=O)n(CCO)c1CC. The molecule has 0 amide bonds. The standard InChI is InChI=1S/C14H24N2O2/c1-5-11-13(6-2)16(7-8-17)14(18)12(15-11)9-10(3)4/h10,17H,5-9H2,1-4H3. The summed E-state index contributed by atoms with van der Waals surface area (Å²) in [6, 6.07) is 0. The maximum atomic E-state index is 12.3. The molecule has 1 N–H and O–H groups in total. The van der Waals surface area contributed by atoms with Gasteiger partial charge in [0.1, 0.15) is 5.69 Å². The number of hydrogen-bond acceptors (Lipinski definition) is 3. The Bertz CT molecular complexity index is 450. The lowest BCUT2D eigenvalue weighted by molar-refractivity contribution is 0.271. The van der Waals surface area contributed by atoms with Crippen LogP contribution in [0.15, 0.2) is 4.79 Å². The summed E-state index contributed by atoms with van der Waals surface area (Å²) in [6.07, 6.45) is 2.29. The predicted molar refractivity (Wildman–Crippen MR) is 72.9 cm³/mol. The number of rotatable bonds is 6. The molecule has 0 spiro atoms. The van der Waals surface area contributed by atoms with Crippen LogP contribution >= 0.6 is 0 Å². The van der Waals surface area contributed by atoms with Gasteiger partial charge in [0.15, 0.2) is 0 Å². The maximum Gasteiger partial charge on any atom is 0.272 e. The molecule has 1 aromatic heterocycles. The second-order valence-corrected chi connectivity index (χ2v) is 4.94. The van der Waals surface area contributed by atoms with Crippen LogP contribution in [0.4, 0.5) is 0 Å². The van der Waals surface area contributed by atoms with E-state index in [0.29, 0.717) is 24.6 Å². The van der Waals surface area contributed by atoms with Gasteiger partial charge in [0.05, 0.1) is 12.3 Å². The molecule has 0 fully saturated rings. The first kappa shape index (κ1) is 14.9. The summed E-state index contributed by atoms with van der Waals surface area (Å²) in [5, 5.41) is 9.12. The van der Waals surface area contributed by atoms with E-state index >= 15 is 0 Å². The lowest BCUT2D eigenvalue weighted by Crippen LogP contribution is -2.31. The molecule has 18 heavy (non-hydrogen) atoms. The second-order valence-electron chi connectivity index (χ2n) is 4.94. The van der Waals surface area contributed by atoms with Crippen molar-refractivity contribution in [2.45, 2.75) is 53.5 Å². The van der Waals surface area contributed by atoms with Crippen molar-refractivity contribution in [3.05, 3.63) is 27.4 Å². The molecule has 4 heteroatoms. The van der Waals surface area contributed by atoms with E-state index in [9.17, 15) is 4.79 Å². The molecule has 0 bridgehead atoms. The van der Waals surface area contributed by atoms with Crippen molar-refractivity contribution >= 4 is 0 Å². The van der Waals surface area contributed by atoms with E-state index in [0.717, 1.165) is 24.2 Å². The van der Waals surface area contributed by atoms with Crippen molar-refractivity contribution in [1.29, 1.82) is 0 Å². The average Bonchev–Trinajstić information content (AvgIpc) is 2.33. The van der Waals surface area contributed by atoms with Crippen LogP contribution < -0.4 is 5.56 Å². The fourth-order valence-corrected chi connectivity index (χ4v) is 2.24. The largest absolute Gasteiger partial charge is 0.395 e. The zero-order chi connectivity index (χ0) is 13.7. The number of aryl methyl sites for hydroxylation is 1. The van der Waals surface area contributed by atoms with Crippen LogP contribution in [0.1, 0.15) is 44.8 Å². The molecule has 4 nitrogen and oxygen atoms in total. The lowest BCUT2D eigenvalue weighted by atomic mass is 10.1. The van der Waals surface area contributed by atoms with E-state index in [4.69, 9.17) is 5.11 Å². The van der Waals surface area contributed by atoms with Gasteiger partial charge in [-0.2, -0.15) is 0 Å². The first-order valence-corrected chi connectivity index (χ1v) is 6.77. The minimum absolute atomic E-state index is 0.0127. The third-order valence-corrected chi connectivity index (χ3v) is 3.02. The van der Waals surface area contributed by atoms with E-state index in [1.807, 2.05) is 6.92 Å². The Morgan fingerprint density at radius 2 is 1.89 bits per heavy atom. The fraction of sp³-hybridized carbons (Fsp3) is 0.714. The van der Waals surface area contributed by atoms with Gasteiger partial charge in [0, 0.05) is 12.2 Å². The van der Waals surface area contributed by atoms with Gasteiger partial charge in [-0.05, 0) is 25.2 Å². The third-order valence-electron chi connectivity index (χ3n) is 3.02. The molecule has 0 saturated carbocycles. The molecule has 0 saturated heterocycles. The molecule has 0 aliphatic rings. The van der Waals surface area contributed by atoms with E-state index in [1.165, 1.54) is 0 Å². The van der Waals surface area contributed by atoms with Gasteiger partial charge in [-0.1, -0.05) is 27.7 Å². The molecule has 0 radical (unpaired) electrons. The first-order valence-electron chi connectivity index (χ1n) is 6.77. The van der Waals surface area contributed by atoms with Crippen LogP contribution in [0.25, 0.3) is 0 Å². The third kappa shape index (κ3) is 3.19. The van der Waals surface area contributed by atoms with Gasteiger partial charge >= 0.3 is 0 Å². The fourth-order valence-electron chi connectivity index (χ4n) is 2.24. The van der Waals surface area contributed by atoms with E-state index in [-0.39, 0.29) is 12.2 Å². The van der Waals surface area contributed by atoms with Crippen LogP contribution in [-0.2, 0) is 25.8 Å². The molecule has 1 rings (SSSR count). The van der Waals surface area contributed by atoms with E-state index < -0.39 is 0 Å². The molecule has 0 unspecified atom stereocenters. The summed E-state index contributed by atoms with van der Waals surface area (Å²) in [7, 11) is 0. The summed E-state index contributed by atoms with van der Waals surface area (Å²) in [5.74, 6) is 0.407. The van der Waals surface area contributed by atoms with Crippen LogP contribution in [0.5, 0.6) is 0 Å². The van der Waals surface area contributed by atoms with Crippen LogP contribution in [0.2, 0.25) is 0 Å². The van der Waals surface area contributed by atoms with Crippen LogP contribution in [0, 0.1) is 5.92 Å². The quantitative estimate of drug-likeness (QED) is 0.836. The molecule has 0 aromatic carbocycles. The van der Waals surface area contributed by atoms with Crippen molar-refractivity contribution in [1.82, 2.24) is 9.55 Å². The Labute approximate surface area is 109 Å². The molecule has 1 heterocycles. The molecule has 1 aromatic rings. The van der Waals surface area contributed by atoms with Crippen molar-refractivity contribution in [3.63, 3.8) is 0 Å². The molecule has 0 atom stereocenters. The topological polar surface area (TPSA) is 55.1 Å². The van der Waals surface area contributed by atoms with Crippen molar-refractivity contribution in [2.75, 3.05) is 6.61 Å². The Morgan fingerprint density at radius 1 is 1.22 bits per heavy atom. The molecular weight excluding hydrogens is 228 g/mol. The monoisotopic (exact) mass is 252 g/mol. The Balaban J connectivity index is 3.39. The summed E-state index contributed by atoms with van der Waals surface area (Å²) in [4.78, 5) is 16.9. The Morgan fingerprint density at radius 3 is 2.33 bits per heavy atom. The normalized spacial score (nSPS) is 11.2. The number of hydrogen-bond donors (Lipinski definition) is 1. The summed E-state index contributed by atoms with van der Waals surface area (Å²) >= 11 is 0. The molecule has 0 aliphatic carbocycles. The second kappa shape index (κ2) is 6.69. The summed E-state index contributed by atoms with van der Waals surface area (Å²) in [6.45, 7) is 8.58. The van der Waals surface area contributed by atoms with Crippen LogP contribution in [0.3, 0.4) is 0 Å². The van der Waals surface area contributed by atoms with Gasteiger partial charge < -0.3 is 9.67 Å². The first-order chi connectivity index (χ1) is 8.54. The molecule has 102 valence electrons. The van der Waals surface area contributed by atoms with Gasteiger partial charge in [-0.15, -0.1) is 0 Å². The highest BCUT2D eigenvalue weighted by molar-refractivity contribution is 5.17. The van der Waals surface area contributed by atoms with E-state index in [2.05, 4.69) is 25.8 Å². The zero-order valence-corrected chi connectivity index (χ0v) is 11.9. The minimum Gasteiger partial charge on any atom is -0.395 e. The lowest BCUT2D eigenvalue weighted by Gasteiger charge is -2.16. The smallest absolute Gasteiger partial charge is 0.272 e. The Kier molecular flexibility index (Phi) is 5.54. The van der Waals surface area contributed by atoms with Crippen molar-refractivity contribution in [3.8, 4) is 0 Å². The predicted octanol–water partition coefficient (Wildman–Crippen LogP) is 1.56. The number of nitrogens with zero attached hydrogens (tertiary/aromatic N) is 2. The van der Waals surface area contributed by atoms with Gasteiger partial charge in [-0.25, -0.2) is 0 Å². The maximum absolute atomic E-state index is 12.3. The van der Waals surface area contributed by atoms with Crippen molar-refractivity contribution < 1.29 is 5.11 Å². The van der Waals surface area contributed by atoms with Gasteiger partial charge in [0.2, 0.25) is 0 Å². The molecule has 0 aliphatic heterocycles. The summed E-state index contributed by atoms with van der Waals surface area (Å²) in [5.41, 5.74) is 2.55. The number of aliphatic hydroxyl groups excluding tert-OH is 1. The zero-order valence-electron chi connectivity index (χ0n) is 11.9. The minimum atomic E-state index is -0.0354. The highest BCUT2D eigenvalue weighted by Crippen LogP contribution is 2.10. The van der Waals surface area contributed by atoms with E-state index in [1.54, 1.807) is 4.57 Å². The van der Waals surface area contributed by atoms with Gasteiger partial charge in [0.25, 0.3) is 5.56 Å². The number of aliphatic hydroxyl groups is 1. The van der Waals surface area contributed by atoms with Crippen LogP contribution in [-0.4, -0.2) is 21.3 Å². The summed E-state index contributed by atoms with van der Waals surface area (Å²) < 4.78 is 1.70.